The van der Waals surface area contributed by atoms with E-state index in [-0.39, 0.29) is 35.8 Å². The van der Waals surface area contributed by atoms with Crippen molar-refractivity contribution in [2.75, 3.05) is 45.7 Å². The van der Waals surface area contributed by atoms with Gasteiger partial charge in [0.2, 0.25) is 5.91 Å². The maximum Gasteiger partial charge on any atom is 0.257 e. The maximum absolute atomic E-state index is 13.4. The van der Waals surface area contributed by atoms with Gasteiger partial charge in [-0.3, -0.25) is 14.5 Å². The zero-order valence-electron chi connectivity index (χ0n) is 21.2. The molecular formula is C27H41N3O4. The molecule has 7 heteroatoms. The first-order chi connectivity index (χ1) is 16.4. The summed E-state index contributed by atoms with van der Waals surface area (Å²) in [5.74, 6) is 1.64. The van der Waals surface area contributed by atoms with Crippen molar-refractivity contribution in [1.82, 2.24) is 9.80 Å². The van der Waals surface area contributed by atoms with Crippen LogP contribution in [0.4, 0.5) is 5.69 Å². The van der Waals surface area contributed by atoms with Gasteiger partial charge in [0, 0.05) is 57.5 Å². The Labute approximate surface area is 204 Å². The van der Waals surface area contributed by atoms with Gasteiger partial charge in [0.15, 0.2) is 0 Å². The summed E-state index contributed by atoms with van der Waals surface area (Å²) in [4.78, 5) is 30.3. The van der Waals surface area contributed by atoms with Crippen LogP contribution in [0.15, 0.2) is 18.2 Å². The molecular weight excluding hydrogens is 430 g/mol. The number of likely N-dealkylation sites (N-methyl/N-ethyl adjacent to an activating group) is 1. The van der Waals surface area contributed by atoms with Gasteiger partial charge in [0.25, 0.3) is 5.91 Å². The molecule has 0 aromatic heterocycles. The molecule has 2 fully saturated rings. The first-order valence-corrected chi connectivity index (χ1v) is 13.0. The molecule has 1 N–H and O–H groups in total. The molecule has 2 amide bonds. The van der Waals surface area contributed by atoms with Crippen molar-refractivity contribution in [2.45, 2.75) is 64.5 Å². The molecule has 1 aromatic carbocycles. The number of rotatable bonds is 5. The van der Waals surface area contributed by atoms with Crippen molar-refractivity contribution >= 4 is 17.5 Å². The summed E-state index contributed by atoms with van der Waals surface area (Å²) in [5, 5.41) is 3.05. The number of nitrogens with zero attached hydrogens (tertiary/aromatic N) is 2. The highest BCUT2D eigenvalue weighted by molar-refractivity contribution is 5.98. The summed E-state index contributed by atoms with van der Waals surface area (Å²) in [6, 6.07) is 5.61. The molecule has 2 saturated carbocycles. The molecule has 1 heterocycles. The minimum atomic E-state index is -0.0963. The number of methoxy groups -OCH3 is 1. The largest absolute Gasteiger partial charge is 0.491 e. The second kappa shape index (κ2) is 11.1. The van der Waals surface area contributed by atoms with Gasteiger partial charge in [-0.25, -0.2) is 0 Å². The molecule has 4 rings (SSSR count). The Bertz CT molecular complexity index is 865. The Kier molecular flexibility index (Phi) is 8.14. The number of ether oxygens (including phenoxy) is 2. The van der Waals surface area contributed by atoms with Gasteiger partial charge in [0.1, 0.15) is 12.4 Å². The van der Waals surface area contributed by atoms with E-state index in [1.807, 2.05) is 19.2 Å². The number of carbonyl (C=O) groups is 2. The highest BCUT2D eigenvalue weighted by Gasteiger charge is 2.32. The molecule has 0 radical (unpaired) electrons. The summed E-state index contributed by atoms with van der Waals surface area (Å²) in [6.07, 6.45) is 6.68. The van der Waals surface area contributed by atoms with Crippen LogP contribution in [0.25, 0.3) is 0 Å². The van der Waals surface area contributed by atoms with Crippen molar-refractivity contribution in [2.24, 2.45) is 17.8 Å². The van der Waals surface area contributed by atoms with E-state index in [4.69, 9.17) is 9.47 Å². The van der Waals surface area contributed by atoms with Crippen molar-refractivity contribution in [3.05, 3.63) is 23.8 Å². The number of amides is 2. The fourth-order valence-corrected chi connectivity index (χ4v) is 5.24. The number of benzene rings is 1. The van der Waals surface area contributed by atoms with Crippen molar-refractivity contribution < 1.29 is 19.1 Å². The van der Waals surface area contributed by atoms with E-state index in [2.05, 4.69) is 24.1 Å². The number of carbonyl (C=O) groups excluding carboxylic acids is 2. The lowest BCUT2D eigenvalue weighted by molar-refractivity contribution is -0.119. The number of hydrogen-bond acceptors (Lipinski definition) is 5. The molecule has 3 atom stereocenters. The average Bonchev–Trinajstić information content (AvgIpc) is 3.47. The second-order valence-corrected chi connectivity index (χ2v) is 10.7. The summed E-state index contributed by atoms with van der Waals surface area (Å²) in [6.45, 7) is 7.39. The van der Waals surface area contributed by atoms with Gasteiger partial charge in [-0.2, -0.15) is 0 Å². The zero-order chi connectivity index (χ0) is 24.2. The number of hydrogen-bond donors (Lipinski definition) is 1. The van der Waals surface area contributed by atoms with Crippen LogP contribution in [0.2, 0.25) is 0 Å². The first-order valence-electron chi connectivity index (χ1n) is 13.0. The molecule has 0 bridgehead atoms. The maximum atomic E-state index is 13.4. The van der Waals surface area contributed by atoms with Gasteiger partial charge < -0.3 is 19.7 Å². The van der Waals surface area contributed by atoms with Gasteiger partial charge in [-0.15, -0.1) is 0 Å². The molecule has 34 heavy (non-hydrogen) atoms. The Morgan fingerprint density at radius 1 is 1.15 bits per heavy atom. The van der Waals surface area contributed by atoms with Crippen LogP contribution in [0, 0.1) is 17.8 Å². The van der Waals surface area contributed by atoms with Crippen LogP contribution in [0.5, 0.6) is 5.75 Å². The fraction of sp³-hybridized carbons (Fsp3) is 0.704. The molecule has 1 aliphatic heterocycles. The zero-order valence-corrected chi connectivity index (χ0v) is 21.2. The first kappa shape index (κ1) is 25.0. The van der Waals surface area contributed by atoms with E-state index < -0.39 is 0 Å². The number of anilines is 1. The summed E-state index contributed by atoms with van der Waals surface area (Å²) >= 11 is 0. The SMILES string of the molecule is CO[C@@H]1CN(C)C(=O)c2ccc(NC(=O)C3CCCC3)cc2OC[C@H](C)N(CC2CC2)C[C@@H]1C. The van der Waals surface area contributed by atoms with E-state index >= 15 is 0 Å². The molecule has 1 aromatic rings. The van der Waals surface area contributed by atoms with E-state index in [0.29, 0.717) is 30.2 Å². The summed E-state index contributed by atoms with van der Waals surface area (Å²) < 4.78 is 12.1. The van der Waals surface area contributed by atoms with Crippen LogP contribution in [0.1, 0.15) is 62.7 Å². The molecule has 7 nitrogen and oxygen atoms in total. The highest BCUT2D eigenvalue weighted by Crippen LogP contribution is 2.32. The molecule has 0 spiro atoms. The summed E-state index contributed by atoms with van der Waals surface area (Å²) in [5.41, 5.74) is 1.20. The van der Waals surface area contributed by atoms with Crippen LogP contribution in [0.3, 0.4) is 0 Å². The van der Waals surface area contributed by atoms with E-state index in [1.165, 1.54) is 12.8 Å². The second-order valence-electron chi connectivity index (χ2n) is 10.7. The third kappa shape index (κ3) is 6.11. The quantitative estimate of drug-likeness (QED) is 0.702. The molecule has 0 saturated heterocycles. The monoisotopic (exact) mass is 471 g/mol. The van der Waals surface area contributed by atoms with E-state index in [0.717, 1.165) is 44.7 Å². The summed E-state index contributed by atoms with van der Waals surface area (Å²) in [7, 11) is 3.55. The van der Waals surface area contributed by atoms with Crippen molar-refractivity contribution in [3.63, 3.8) is 0 Å². The standard InChI is InChI=1S/C27H41N3O4/c1-18-14-30(15-20-9-10-20)19(2)17-34-24-13-22(28-26(31)21-7-5-6-8-21)11-12-23(24)27(32)29(3)16-25(18)33-4/h11-13,18-21,25H,5-10,14-17H2,1-4H3,(H,28,31)/t18-,19-,25+/m0/s1. The van der Waals surface area contributed by atoms with Gasteiger partial charge in [0.05, 0.1) is 11.7 Å². The van der Waals surface area contributed by atoms with Gasteiger partial charge in [-0.05, 0) is 56.6 Å². The highest BCUT2D eigenvalue weighted by atomic mass is 16.5. The lowest BCUT2D eigenvalue weighted by atomic mass is 10.0. The minimum absolute atomic E-state index is 0.0448. The topological polar surface area (TPSA) is 71.1 Å². The number of fused-ring (bicyclic) bond motifs is 1. The third-order valence-corrected chi connectivity index (χ3v) is 7.76. The Morgan fingerprint density at radius 2 is 1.88 bits per heavy atom. The van der Waals surface area contributed by atoms with Crippen LogP contribution in [-0.4, -0.2) is 74.2 Å². The lowest BCUT2D eigenvalue weighted by Gasteiger charge is -2.36. The molecule has 0 unspecified atom stereocenters. The van der Waals surface area contributed by atoms with Crippen LogP contribution in [-0.2, 0) is 9.53 Å². The van der Waals surface area contributed by atoms with Crippen molar-refractivity contribution in [3.8, 4) is 5.75 Å². The lowest BCUT2D eigenvalue weighted by Crippen LogP contribution is -2.47. The van der Waals surface area contributed by atoms with Crippen LogP contribution >= 0.6 is 0 Å². The Hall–Kier alpha value is -2.12. The number of nitrogens with one attached hydrogen (secondary N) is 1. The van der Waals surface area contributed by atoms with E-state index in [1.54, 1.807) is 18.1 Å². The van der Waals surface area contributed by atoms with Gasteiger partial charge in [-0.1, -0.05) is 19.8 Å². The molecule has 188 valence electrons. The van der Waals surface area contributed by atoms with E-state index in [9.17, 15) is 9.59 Å². The van der Waals surface area contributed by atoms with Crippen molar-refractivity contribution in [1.29, 1.82) is 0 Å². The Balaban J connectivity index is 1.58. The third-order valence-electron chi connectivity index (χ3n) is 7.76. The Morgan fingerprint density at radius 3 is 2.56 bits per heavy atom. The minimum Gasteiger partial charge on any atom is -0.491 e. The predicted octanol–water partition coefficient (Wildman–Crippen LogP) is 4.03. The fourth-order valence-electron chi connectivity index (χ4n) is 5.24. The smallest absolute Gasteiger partial charge is 0.257 e. The molecule has 2 aliphatic carbocycles. The average molecular weight is 472 g/mol. The van der Waals surface area contributed by atoms with Gasteiger partial charge >= 0.3 is 0 Å². The molecule has 3 aliphatic rings. The predicted molar refractivity (Wildman–Crippen MR) is 133 cm³/mol. The van der Waals surface area contributed by atoms with Crippen LogP contribution < -0.4 is 10.1 Å². The normalized spacial score (nSPS) is 27.5.